The molecular weight excluding hydrogens is 308 g/mol. The predicted molar refractivity (Wildman–Crippen MR) is 84.7 cm³/mol. The number of nitrogens with zero attached hydrogens (tertiary/aromatic N) is 1. The molecule has 3 rings (SSSR count). The summed E-state index contributed by atoms with van der Waals surface area (Å²) in [7, 11) is 0. The van der Waals surface area contributed by atoms with Crippen LogP contribution in [0.5, 0.6) is 11.5 Å². The summed E-state index contributed by atoms with van der Waals surface area (Å²) in [6, 6.07) is 3.91. The first-order valence-corrected chi connectivity index (χ1v) is 8.18. The van der Waals surface area contributed by atoms with Gasteiger partial charge in [-0.05, 0) is 17.7 Å². The van der Waals surface area contributed by atoms with E-state index in [0.717, 1.165) is 29.4 Å². The number of hydrogen-bond donors (Lipinski definition) is 1. The summed E-state index contributed by atoms with van der Waals surface area (Å²) in [5, 5.41) is 7.21. The van der Waals surface area contributed by atoms with Gasteiger partial charge < -0.3 is 14.8 Å². The van der Waals surface area contributed by atoms with Crippen molar-refractivity contribution in [2.75, 3.05) is 19.8 Å². The van der Waals surface area contributed by atoms with Gasteiger partial charge in [-0.2, -0.15) is 0 Å². The summed E-state index contributed by atoms with van der Waals surface area (Å²) in [4.78, 5) is 4.33. The number of aromatic nitrogens is 1. The van der Waals surface area contributed by atoms with Gasteiger partial charge in [0.25, 0.3) is 0 Å². The first-order valence-electron chi connectivity index (χ1n) is 6.92. The zero-order valence-corrected chi connectivity index (χ0v) is 13.3. The molecule has 1 N–H and O–H groups in total. The monoisotopic (exact) mass is 324 g/mol. The molecule has 0 radical (unpaired) electrons. The minimum absolute atomic E-state index is 0.401. The molecule has 2 aromatic rings. The van der Waals surface area contributed by atoms with Gasteiger partial charge in [0.15, 0.2) is 11.5 Å². The van der Waals surface area contributed by atoms with Gasteiger partial charge in [0.05, 0.1) is 10.0 Å². The topological polar surface area (TPSA) is 43.4 Å². The highest BCUT2D eigenvalue weighted by Gasteiger charge is 2.16. The number of thiazole rings is 1. The van der Waals surface area contributed by atoms with Crippen LogP contribution in [0.15, 0.2) is 23.7 Å². The highest BCUT2D eigenvalue weighted by atomic mass is 35.5. The third-order valence-electron chi connectivity index (χ3n) is 3.31. The first kappa shape index (κ1) is 14.6. The molecule has 0 spiro atoms. The molecule has 4 nitrogen and oxygen atoms in total. The Labute approximate surface area is 133 Å². The van der Waals surface area contributed by atoms with Crippen LogP contribution in [0.3, 0.4) is 0 Å². The van der Waals surface area contributed by atoms with E-state index in [1.807, 2.05) is 23.7 Å². The van der Waals surface area contributed by atoms with Gasteiger partial charge in [0, 0.05) is 30.6 Å². The molecule has 21 heavy (non-hydrogen) atoms. The number of nitrogens with one attached hydrogen (secondary N) is 1. The maximum atomic E-state index is 6.23. The maximum absolute atomic E-state index is 6.23. The molecule has 1 aliphatic heterocycles. The minimum Gasteiger partial charge on any atom is -0.486 e. The lowest BCUT2D eigenvalue weighted by Crippen LogP contribution is -2.20. The molecule has 1 aliphatic rings. The zero-order chi connectivity index (χ0) is 14.7. The smallest absolute Gasteiger partial charge is 0.179 e. The highest BCUT2D eigenvalue weighted by molar-refractivity contribution is 7.09. The van der Waals surface area contributed by atoms with Crippen molar-refractivity contribution in [3.05, 3.63) is 39.3 Å². The number of benzene rings is 1. The van der Waals surface area contributed by atoms with Crippen LogP contribution in [-0.4, -0.2) is 24.7 Å². The van der Waals surface area contributed by atoms with Gasteiger partial charge in [-0.3, -0.25) is 0 Å². The SMILES string of the molecule is CC(CNCc1cc(Cl)c2c(c1)OCCO2)c1nccs1. The van der Waals surface area contributed by atoms with E-state index < -0.39 is 0 Å². The Morgan fingerprint density at radius 2 is 2.24 bits per heavy atom. The zero-order valence-electron chi connectivity index (χ0n) is 11.8. The van der Waals surface area contributed by atoms with Crippen LogP contribution < -0.4 is 14.8 Å². The van der Waals surface area contributed by atoms with Crippen molar-refractivity contribution < 1.29 is 9.47 Å². The van der Waals surface area contributed by atoms with Crippen molar-refractivity contribution in [1.82, 2.24) is 10.3 Å². The fourth-order valence-electron chi connectivity index (χ4n) is 2.26. The highest BCUT2D eigenvalue weighted by Crippen LogP contribution is 2.38. The van der Waals surface area contributed by atoms with Crippen molar-refractivity contribution in [3.8, 4) is 11.5 Å². The van der Waals surface area contributed by atoms with Crippen LogP contribution in [0.2, 0.25) is 5.02 Å². The van der Waals surface area contributed by atoms with Crippen LogP contribution in [0, 0.1) is 0 Å². The second-order valence-electron chi connectivity index (χ2n) is 5.00. The van der Waals surface area contributed by atoms with Crippen LogP contribution in [0.25, 0.3) is 0 Å². The van der Waals surface area contributed by atoms with E-state index in [4.69, 9.17) is 21.1 Å². The van der Waals surface area contributed by atoms with Gasteiger partial charge in [-0.1, -0.05) is 18.5 Å². The average molecular weight is 325 g/mol. The lowest BCUT2D eigenvalue weighted by Gasteiger charge is -2.20. The molecule has 2 heterocycles. The summed E-state index contributed by atoms with van der Waals surface area (Å²) in [6.45, 7) is 4.91. The lowest BCUT2D eigenvalue weighted by molar-refractivity contribution is 0.171. The second kappa shape index (κ2) is 6.64. The lowest BCUT2D eigenvalue weighted by atomic mass is 10.1. The molecule has 0 saturated heterocycles. The van der Waals surface area contributed by atoms with E-state index in [2.05, 4.69) is 17.2 Å². The predicted octanol–water partition coefficient (Wildman–Crippen LogP) is 3.46. The largest absolute Gasteiger partial charge is 0.486 e. The van der Waals surface area contributed by atoms with Crippen LogP contribution >= 0.6 is 22.9 Å². The average Bonchev–Trinajstić information content (AvgIpc) is 3.01. The summed E-state index contributed by atoms with van der Waals surface area (Å²) >= 11 is 7.92. The van der Waals surface area contributed by atoms with E-state index in [1.54, 1.807) is 11.3 Å². The quantitative estimate of drug-likeness (QED) is 0.914. The van der Waals surface area contributed by atoms with Crippen molar-refractivity contribution in [3.63, 3.8) is 0 Å². The van der Waals surface area contributed by atoms with Crippen molar-refractivity contribution in [1.29, 1.82) is 0 Å². The normalized spacial score (nSPS) is 15.0. The number of hydrogen-bond acceptors (Lipinski definition) is 5. The molecule has 1 atom stereocenters. The minimum atomic E-state index is 0.401. The van der Waals surface area contributed by atoms with Gasteiger partial charge in [-0.15, -0.1) is 11.3 Å². The summed E-state index contributed by atoms with van der Waals surface area (Å²) in [5.41, 5.74) is 1.09. The maximum Gasteiger partial charge on any atom is 0.179 e. The number of halogens is 1. The Hall–Kier alpha value is -1.30. The number of ether oxygens (including phenoxy) is 2. The Balaban J connectivity index is 1.59. The summed E-state index contributed by atoms with van der Waals surface area (Å²) in [5.74, 6) is 1.79. The molecule has 1 unspecified atom stereocenters. The molecule has 0 saturated carbocycles. The van der Waals surface area contributed by atoms with E-state index in [-0.39, 0.29) is 0 Å². The van der Waals surface area contributed by atoms with Crippen molar-refractivity contribution in [2.24, 2.45) is 0 Å². The van der Waals surface area contributed by atoms with Crippen molar-refractivity contribution >= 4 is 22.9 Å². The van der Waals surface area contributed by atoms with Crippen LogP contribution in [-0.2, 0) is 6.54 Å². The molecule has 1 aromatic carbocycles. The molecule has 0 fully saturated rings. The van der Waals surface area contributed by atoms with E-state index in [0.29, 0.717) is 29.9 Å². The van der Waals surface area contributed by atoms with Gasteiger partial charge >= 0.3 is 0 Å². The van der Waals surface area contributed by atoms with Gasteiger partial charge in [0.2, 0.25) is 0 Å². The van der Waals surface area contributed by atoms with E-state index >= 15 is 0 Å². The Morgan fingerprint density at radius 3 is 3.05 bits per heavy atom. The molecule has 0 amide bonds. The van der Waals surface area contributed by atoms with E-state index in [9.17, 15) is 0 Å². The fraction of sp³-hybridized carbons (Fsp3) is 0.400. The van der Waals surface area contributed by atoms with Crippen molar-refractivity contribution in [2.45, 2.75) is 19.4 Å². The molecule has 6 heteroatoms. The summed E-state index contributed by atoms with van der Waals surface area (Å²) in [6.07, 6.45) is 1.84. The standard InChI is InChI=1S/C15H17ClN2O2S/c1-10(15-18-2-5-21-15)8-17-9-11-6-12(16)14-13(7-11)19-3-4-20-14/h2,5-7,10,17H,3-4,8-9H2,1H3. The van der Waals surface area contributed by atoms with Crippen LogP contribution in [0.1, 0.15) is 23.4 Å². The third kappa shape index (κ3) is 3.48. The van der Waals surface area contributed by atoms with Gasteiger partial charge in [-0.25, -0.2) is 4.98 Å². The number of fused-ring (bicyclic) bond motifs is 1. The fourth-order valence-corrected chi connectivity index (χ4v) is 3.25. The Bertz CT molecular complexity index is 604. The Morgan fingerprint density at radius 1 is 1.38 bits per heavy atom. The number of rotatable bonds is 5. The first-order chi connectivity index (χ1) is 10.2. The summed E-state index contributed by atoms with van der Waals surface area (Å²) < 4.78 is 11.1. The van der Waals surface area contributed by atoms with E-state index in [1.165, 1.54) is 0 Å². The van der Waals surface area contributed by atoms with Crippen LogP contribution in [0.4, 0.5) is 0 Å². The molecule has 0 bridgehead atoms. The Kier molecular flexibility index (Phi) is 4.63. The molecular formula is C15H17ClN2O2S. The second-order valence-corrected chi connectivity index (χ2v) is 6.34. The van der Waals surface area contributed by atoms with Gasteiger partial charge in [0.1, 0.15) is 13.2 Å². The molecule has 1 aromatic heterocycles. The third-order valence-corrected chi connectivity index (χ3v) is 4.60. The molecule has 0 aliphatic carbocycles. The molecule has 112 valence electrons.